The molecule has 1 aromatic carbocycles. The summed E-state index contributed by atoms with van der Waals surface area (Å²) in [6, 6.07) is 4.88. The molecule has 0 aromatic heterocycles. The van der Waals surface area contributed by atoms with Crippen molar-refractivity contribution in [2.75, 3.05) is 7.11 Å². The van der Waals surface area contributed by atoms with Crippen molar-refractivity contribution >= 4 is 18.7 Å². The lowest BCUT2D eigenvalue weighted by Gasteiger charge is -2.20. The number of hydrogen-bond donors (Lipinski definition) is 3. The number of amides is 1. The van der Waals surface area contributed by atoms with E-state index in [0.29, 0.717) is 11.3 Å². The zero-order valence-corrected chi connectivity index (χ0v) is 12.1. The van der Waals surface area contributed by atoms with E-state index in [-0.39, 0.29) is 12.0 Å². The number of rotatable bonds is 4. The van der Waals surface area contributed by atoms with Crippen LogP contribution in [0.1, 0.15) is 26.3 Å². The van der Waals surface area contributed by atoms with Gasteiger partial charge < -0.3 is 24.8 Å². The van der Waals surface area contributed by atoms with Gasteiger partial charge >= 0.3 is 13.2 Å². The second-order valence-corrected chi connectivity index (χ2v) is 5.26. The van der Waals surface area contributed by atoms with Crippen LogP contribution in [0.3, 0.4) is 0 Å². The molecule has 1 amide bonds. The fraction of sp³-hybridized carbons (Fsp3) is 0.462. The van der Waals surface area contributed by atoms with E-state index < -0.39 is 18.8 Å². The lowest BCUT2D eigenvalue weighted by Crippen LogP contribution is -2.37. The Morgan fingerprint density at radius 1 is 1.35 bits per heavy atom. The second kappa shape index (κ2) is 6.63. The van der Waals surface area contributed by atoms with Crippen LogP contribution in [0.15, 0.2) is 18.2 Å². The Balaban J connectivity index is 2.83. The first-order valence-electron chi connectivity index (χ1n) is 6.23. The van der Waals surface area contributed by atoms with E-state index in [1.54, 1.807) is 39.0 Å². The largest absolute Gasteiger partial charge is 0.496 e. The summed E-state index contributed by atoms with van der Waals surface area (Å²) < 4.78 is 10.3. The van der Waals surface area contributed by atoms with Crippen LogP contribution in [0.4, 0.5) is 4.79 Å². The van der Waals surface area contributed by atoms with Crippen LogP contribution in [0, 0.1) is 0 Å². The fourth-order valence-electron chi connectivity index (χ4n) is 1.68. The summed E-state index contributed by atoms with van der Waals surface area (Å²) in [6.07, 6.45) is -0.582. The third-order valence-corrected chi connectivity index (χ3v) is 2.48. The minimum atomic E-state index is -1.64. The molecule has 0 heterocycles. The number of ether oxygens (including phenoxy) is 2. The predicted molar refractivity (Wildman–Crippen MR) is 75.9 cm³/mol. The van der Waals surface area contributed by atoms with Gasteiger partial charge in [-0.05, 0) is 32.3 Å². The van der Waals surface area contributed by atoms with Crippen LogP contribution < -0.4 is 15.5 Å². The zero-order valence-electron chi connectivity index (χ0n) is 12.1. The first-order valence-corrected chi connectivity index (χ1v) is 6.23. The molecule has 3 N–H and O–H groups in total. The van der Waals surface area contributed by atoms with Gasteiger partial charge in [0, 0.05) is 12.1 Å². The van der Waals surface area contributed by atoms with Crippen LogP contribution in [-0.2, 0) is 11.3 Å². The van der Waals surface area contributed by atoms with Crippen molar-refractivity contribution in [3.63, 3.8) is 0 Å². The van der Waals surface area contributed by atoms with Crippen molar-refractivity contribution in [2.45, 2.75) is 32.9 Å². The summed E-state index contributed by atoms with van der Waals surface area (Å²) in [6.45, 7) is 5.36. The third-order valence-electron chi connectivity index (χ3n) is 2.48. The molecular weight excluding hydrogens is 261 g/mol. The summed E-state index contributed by atoms with van der Waals surface area (Å²) in [5.74, 6) is 0.464. The molecule has 1 aromatic rings. The Bertz CT molecular complexity index is 470. The molecule has 0 atom stereocenters. The van der Waals surface area contributed by atoms with Gasteiger partial charge in [-0.15, -0.1) is 0 Å². The topological polar surface area (TPSA) is 88.0 Å². The minimum absolute atomic E-state index is 0.0753. The Kier molecular flexibility index (Phi) is 5.41. The van der Waals surface area contributed by atoms with Gasteiger partial charge in [-0.2, -0.15) is 0 Å². The van der Waals surface area contributed by atoms with Crippen molar-refractivity contribution in [2.24, 2.45) is 0 Å². The van der Waals surface area contributed by atoms with Gasteiger partial charge in [0.15, 0.2) is 0 Å². The summed E-state index contributed by atoms with van der Waals surface area (Å²) in [5.41, 5.74) is 0.181. The van der Waals surface area contributed by atoms with Crippen LogP contribution in [-0.4, -0.2) is 36.0 Å². The highest BCUT2D eigenvalue weighted by atomic mass is 16.6. The van der Waals surface area contributed by atoms with E-state index in [1.165, 1.54) is 7.11 Å². The van der Waals surface area contributed by atoms with Crippen molar-refractivity contribution < 1.29 is 24.3 Å². The van der Waals surface area contributed by atoms with E-state index >= 15 is 0 Å². The number of nitrogens with one attached hydrogen (secondary N) is 1. The van der Waals surface area contributed by atoms with Crippen LogP contribution in [0.25, 0.3) is 0 Å². The smallest absolute Gasteiger partial charge is 0.488 e. The second-order valence-electron chi connectivity index (χ2n) is 5.26. The first-order chi connectivity index (χ1) is 9.24. The number of carbonyl (C=O) groups is 1. The Labute approximate surface area is 118 Å². The van der Waals surface area contributed by atoms with Gasteiger partial charge in [-0.3, -0.25) is 0 Å². The average Bonchev–Trinajstić information content (AvgIpc) is 2.33. The van der Waals surface area contributed by atoms with Crippen molar-refractivity contribution in [3.8, 4) is 5.75 Å². The van der Waals surface area contributed by atoms with E-state index in [1.807, 2.05) is 0 Å². The molecule has 0 bridgehead atoms. The van der Waals surface area contributed by atoms with Gasteiger partial charge in [0.1, 0.15) is 11.4 Å². The Morgan fingerprint density at radius 3 is 2.50 bits per heavy atom. The quantitative estimate of drug-likeness (QED) is 0.695. The Hall–Kier alpha value is -1.73. The average molecular weight is 281 g/mol. The highest BCUT2D eigenvalue weighted by Crippen LogP contribution is 2.16. The Morgan fingerprint density at radius 2 is 2.00 bits per heavy atom. The summed E-state index contributed by atoms with van der Waals surface area (Å²) in [7, 11) is -0.166. The molecule has 0 aliphatic rings. The van der Waals surface area contributed by atoms with Crippen molar-refractivity contribution in [3.05, 3.63) is 23.8 Å². The minimum Gasteiger partial charge on any atom is -0.496 e. The van der Waals surface area contributed by atoms with Gasteiger partial charge in [0.2, 0.25) is 0 Å². The van der Waals surface area contributed by atoms with Crippen LogP contribution in [0.5, 0.6) is 5.75 Å². The molecule has 0 aliphatic carbocycles. The predicted octanol–water partition coefficient (Wildman–Crippen LogP) is 0.400. The molecule has 1 rings (SSSR count). The number of methoxy groups -OCH3 is 1. The van der Waals surface area contributed by atoms with E-state index in [0.717, 1.165) is 0 Å². The molecule has 7 heteroatoms. The maximum atomic E-state index is 11.6. The summed E-state index contributed by atoms with van der Waals surface area (Å²) in [4.78, 5) is 11.6. The van der Waals surface area contributed by atoms with Gasteiger partial charge in [-0.25, -0.2) is 4.79 Å². The van der Waals surface area contributed by atoms with Crippen LogP contribution in [0.2, 0.25) is 0 Å². The molecule has 6 nitrogen and oxygen atoms in total. The van der Waals surface area contributed by atoms with Crippen LogP contribution >= 0.6 is 0 Å². The molecule has 0 aliphatic heterocycles. The molecule has 0 spiro atoms. The van der Waals surface area contributed by atoms with E-state index in [4.69, 9.17) is 9.47 Å². The van der Waals surface area contributed by atoms with Gasteiger partial charge in [0.05, 0.1) is 7.11 Å². The molecule has 0 fully saturated rings. The lowest BCUT2D eigenvalue weighted by molar-refractivity contribution is 0.0523. The SMILES string of the molecule is COc1cccc(B(O)O)c1CNC(=O)OC(C)(C)C. The number of hydrogen-bond acceptors (Lipinski definition) is 5. The lowest BCUT2D eigenvalue weighted by atomic mass is 9.76. The highest BCUT2D eigenvalue weighted by Gasteiger charge is 2.21. The maximum Gasteiger partial charge on any atom is 0.488 e. The summed E-state index contributed by atoms with van der Waals surface area (Å²) in [5, 5.41) is 21.2. The number of carbonyl (C=O) groups excluding carboxylic acids is 1. The highest BCUT2D eigenvalue weighted by molar-refractivity contribution is 6.59. The standard InChI is InChI=1S/C13H20BNO5/c1-13(2,3)20-12(16)15-8-9-10(14(17)18)6-5-7-11(9)19-4/h5-7,17-18H,8H2,1-4H3,(H,15,16). The fourth-order valence-corrected chi connectivity index (χ4v) is 1.68. The maximum absolute atomic E-state index is 11.6. The molecule has 20 heavy (non-hydrogen) atoms. The molecule has 110 valence electrons. The third kappa shape index (κ3) is 4.75. The van der Waals surface area contributed by atoms with E-state index in [9.17, 15) is 14.8 Å². The number of alkyl carbamates (subject to hydrolysis) is 1. The number of benzene rings is 1. The molecule has 0 radical (unpaired) electrons. The molecular formula is C13H20BNO5. The summed E-state index contributed by atoms with van der Waals surface area (Å²) >= 11 is 0. The zero-order chi connectivity index (χ0) is 15.3. The van der Waals surface area contributed by atoms with E-state index in [2.05, 4.69) is 5.32 Å². The monoisotopic (exact) mass is 281 g/mol. The van der Waals surface area contributed by atoms with Gasteiger partial charge in [0.25, 0.3) is 0 Å². The molecule has 0 saturated carbocycles. The normalized spacial score (nSPS) is 10.9. The van der Waals surface area contributed by atoms with Crippen molar-refractivity contribution in [1.29, 1.82) is 0 Å². The molecule has 0 unspecified atom stereocenters. The van der Waals surface area contributed by atoms with Gasteiger partial charge in [-0.1, -0.05) is 12.1 Å². The van der Waals surface area contributed by atoms with Crippen molar-refractivity contribution in [1.82, 2.24) is 5.32 Å². The first kappa shape index (κ1) is 16.3. The molecule has 0 saturated heterocycles.